The number of carbonyl (C=O) groups excluding carboxylic acids is 1. The lowest BCUT2D eigenvalue weighted by atomic mass is 9.91. The molecule has 0 spiro atoms. The lowest BCUT2D eigenvalue weighted by Crippen LogP contribution is -2.40. The molecule has 0 atom stereocenters. The first-order valence-corrected chi connectivity index (χ1v) is 9.37. The summed E-state index contributed by atoms with van der Waals surface area (Å²) in [5.74, 6) is 1.44. The van der Waals surface area contributed by atoms with Crippen LogP contribution in [0, 0.1) is 6.92 Å². The van der Waals surface area contributed by atoms with Crippen molar-refractivity contribution in [3.8, 4) is 0 Å². The minimum absolute atomic E-state index is 0.0883. The molecular formula is C20H28N6O. The van der Waals surface area contributed by atoms with E-state index in [1.54, 1.807) is 12.3 Å². The smallest absolute Gasteiger partial charge is 0.253 e. The van der Waals surface area contributed by atoms with Crippen LogP contribution in [-0.4, -0.2) is 42.1 Å². The second-order valence-electron chi connectivity index (χ2n) is 7.34. The van der Waals surface area contributed by atoms with Crippen molar-refractivity contribution in [1.82, 2.24) is 15.3 Å². The molecule has 4 N–H and O–H groups in total. The van der Waals surface area contributed by atoms with Gasteiger partial charge in [0, 0.05) is 38.1 Å². The van der Waals surface area contributed by atoms with Gasteiger partial charge in [-0.2, -0.15) is 4.98 Å². The minimum Gasteiger partial charge on any atom is -0.398 e. The largest absolute Gasteiger partial charge is 0.398 e. The Hall–Kier alpha value is -2.83. The van der Waals surface area contributed by atoms with Gasteiger partial charge in [0.15, 0.2) is 0 Å². The molecule has 7 heteroatoms. The maximum Gasteiger partial charge on any atom is 0.253 e. The summed E-state index contributed by atoms with van der Waals surface area (Å²) in [4.78, 5) is 23.3. The topological polar surface area (TPSA) is 96.2 Å². The number of anilines is 3. The Morgan fingerprint density at radius 2 is 1.85 bits per heavy atom. The number of benzene rings is 1. The Labute approximate surface area is 160 Å². The standard InChI is InChI=1S/C20H28N6O/c1-13-5-4-6-16(18(13)21)19(27)23-14-7-9-15(10-8-14)24-20-22-12-11-17(25-20)26(2)3/h4-6,11-12,14-15H,7-10,21H2,1-3H3,(H,23,27)(H,22,24,25)/t14-,15+. The molecule has 1 aliphatic rings. The molecule has 0 bridgehead atoms. The molecule has 0 saturated heterocycles. The fourth-order valence-electron chi connectivity index (χ4n) is 3.37. The molecule has 1 aromatic carbocycles. The van der Waals surface area contributed by atoms with Crippen molar-refractivity contribution in [2.24, 2.45) is 0 Å². The number of rotatable bonds is 5. The number of para-hydroxylation sites is 1. The van der Waals surface area contributed by atoms with E-state index in [0.29, 0.717) is 23.2 Å². The van der Waals surface area contributed by atoms with E-state index in [4.69, 9.17) is 5.73 Å². The van der Waals surface area contributed by atoms with Crippen molar-refractivity contribution in [3.05, 3.63) is 41.6 Å². The van der Waals surface area contributed by atoms with Crippen molar-refractivity contribution in [1.29, 1.82) is 0 Å². The van der Waals surface area contributed by atoms with E-state index in [1.807, 2.05) is 44.1 Å². The van der Waals surface area contributed by atoms with Gasteiger partial charge in [0.2, 0.25) is 5.95 Å². The van der Waals surface area contributed by atoms with Crippen LogP contribution in [-0.2, 0) is 0 Å². The molecule has 7 nitrogen and oxygen atoms in total. The molecule has 1 aromatic heterocycles. The summed E-state index contributed by atoms with van der Waals surface area (Å²) in [6, 6.07) is 7.93. The maximum absolute atomic E-state index is 12.5. The van der Waals surface area contributed by atoms with Crippen LogP contribution in [0.1, 0.15) is 41.6 Å². The van der Waals surface area contributed by atoms with Gasteiger partial charge in [0.1, 0.15) is 5.82 Å². The summed E-state index contributed by atoms with van der Waals surface area (Å²) < 4.78 is 0. The lowest BCUT2D eigenvalue weighted by Gasteiger charge is -2.30. The Kier molecular flexibility index (Phi) is 5.78. The molecule has 1 amide bonds. The van der Waals surface area contributed by atoms with E-state index in [1.165, 1.54) is 0 Å². The fourth-order valence-corrected chi connectivity index (χ4v) is 3.37. The van der Waals surface area contributed by atoms with Gasteiger partial charge in [-0.15, -0.1) is 0 Å². The Morgan fingerprint density at radius 3 is 2.56 bits per heavy atom. The summed E-state index contributed by atoms with van der Waals surface area (Å²) in [5, 5.41) is 6.54. The SMILES string of the molecule is Cc1cccc(C(=O)N[C@H]2CC[C@@H](Nc3nccc(N(C)C)n3)CC2)c1N. The first-order valence-electron chi connectivity index (χ1n) is 9.37. The second-order valence-corrected chi connectivity index (χ2v) is 7.34. The highest BCUT2D eigenvalue weighted by Crippen LogP contribution is 2.23. The number of hydrogen-bond donors (Lipinski definition) is 3. The molecule has 0 aliphatic heterocycles. The number of hydrogen-bond acceptors (Lipinski definition) is 6. The number of amides is 1. The number of nitrogen functional groups attached to an aromatic ring is 1. The highest BCUT2D eigenvalue weighted by atomic mass is 16.1. The zero-order chi connectivity index (χ0) is 19.4. The van der Waals surface area contributed by atoms with E-state index in [-0.39, 0.29) is 11.9 Å². The number of carbonyl (C=O) groups is 1. The molecule has 3 rings (SSSR count). The van der Waals surface area contributed by atoms with Gasteiger partial charge in [-0.05, 0) is 50.3 Å². The Morgan fingerprint density at radius 1 is 1.15 bits per heavy atom. The first kappa shape index (κ1) is 18.9. The second kappa shape index (κ2) is 8.24. The summed E-state index contributed by atoms with van der Waals surface area (Å²) in [5.41, 5.74) is 8.09. The quantitative estimate of drug-likeness (QED) is 0.702. The molecule has 1 heterocycles. The van der Waals surface area contributed by atoms with E-state index >= 15 is 0 Å². The number of nitrogens with zero attached hydrogens (tertiary/aromatic N) is 3. The molecule has 1 aliphatic carbocycles. The molecule has 27 heavy (non-hydrogen) atoms. The van der Waals surface area contributed by atoms with Crippen molar-refractivity contribution < 1.29 is 4.79 Å². The molecule has 1 fully saturated rings. The summed E-state index contributed by atoms with van der Waals surface area (Å²) in [6.45, 7) is 1.91. The van der Waals surface area contributed by atoms with Crippen LogP contribution < -0.4 is 21.3 Å². The Balaban J connectivity index is 1.52. The minimum atomic E-state index is -0.0883. The normalized spacial score (nSPS) is 19.4. The van der Waals surface area contributed by atoms with Crippen LogP contribution in [0.25, 0.3) is 0 Å². The van der Waals surface area contributed by atoms with Crippen LogP contribution in [0.15, 0.2) is 30.5 Å². The zero-order valence-electron chi connectivity index (χ0n) is 16.2. The van der Waals surface area contributed by atoms with Gasteiger partial charge < -0.3 is 21.3 Å². The predicted octanol–water partition coefficient (Wildman–Crippen LogP) is 2.59. The van der Waals surface area contributed by atoms with Gasteiger partial charge in [0.05, 0.1) is 5.56 Å². The van der Waals surface area contributed by atoms with Gasteiger partial charge in [-0.1, -0.05) is 12.1 Å². The molecular weight excluding hydrogens is 340 g/mol. The third-order valence-corrected chi connectivity index (χ3v) is 5.06. The monoisotopic (exact) mass is 368 g/mol. The van der Waals surface area contributed by atoms with Gasteiger partial charge in [-0.3, -0.25) is 4.79 Å². The summed E-state index contributed by atoms with van der Waals surface area (Å²) in [6.07, 6.45) is 5.53. The van der Waals surface area contributed by atoms with Crippen molar-refractivity contribution >= 4 is 23.4 Å². The van der Waals surface area contributed by atoms with Crippen LogP contribution >= 0.6 is 0 Å². The summed E-state index contributed by atoms with van der Waals surface area (Å²) >= 11 is 0. The van der Waals surface area contributed by atoms with Crippen molar-refractivity contribution in [2.75, 3.05) is 30.0 Å². The van der Waals surface area contributed by atoms with Gasteiger partial charge >= 0.3 is 0 Å². The average molecular weight is 368 g/mol. The third-order valence-electron chi connectivity index (χ3n) is 5.06. The van der Waals surface area contributed by atoms with E-state index in [9.17, 15) is 4.79 Å². The highest BCUT2D eigenvalue weighted by Gasteiger charge is 2.24. The number of aryl methyl sites for hydroxylation is 1. The van der Waals surface area contributed by atoms with Crippen molar-refractivity contribution in [2.45, 2.75) is 44.7 Å². The number of aromatic nitrogens is 2. The zero-order valence-corrected chi connectivity index (χ0v) is 16.2. The number of nitrogens with two attached hydrogens (primary N) is 1. The van der Waals surface area contributed by atoms with E-state index < -0.39 is 0 Å². The van der Waals surface area contributed by atoms with Gasteiger partial charge in [-0.25, -0.2) is 4.98 Å². The molecule has 0 radical (unpaired) electrons. The van der Waals surface area contributed by atoms with Crippen LogP contribution in [0.4, 0.5) is 17.5 Å². The van der Waals surface area contributed by atoms with Gasteiger partial charge in [0.25, 0.3) is 5.91 Å². The van der Waals surface area contributed by atoms with Crippen LogP contribution in [0.3, 0.4) is 0 Å². The van der Waals surface area contributed by atoms with E-state index in [2.05, 4.69) is 20.6 Å². The average Bonchev–Trinajstić information content (AvgIpc) is 2.65. The van der Waals surface area contributed by atoms with E-state index in [0.717, 1.165) is 37.1 Å². The maximum atomic E-state index is 12.5. The lowest BCUT2D eigenvalue weighted by molar-refractivity contribution is 0.0927. The number of nitrogens with one attached hydrogen (secondary N) is 2. The summed E-state index contributed by atoms with van der Waals surface area (Å²) in [7, 11) is 3.92. The Bertz CT molecular complexity index is 799. The molecule has 1 saturated carbocycles. The molecule has 0 unspecified atom stereocenters. The molecule has 144 valence electrons. The third kappa shape index (κ3) is 4.67. The van der Waals surface area contributed by atoms with Crippen LogP contribution in [0.5, 0.6) is 0 Å². The highest BCUT2D eigenvalue weighted by molar-refractivity contribution is 5.99. The molecule has 2 aromatic rings. The fraction of sp³-hybridized carbons (Fsp3) is 0.450. The predicted molar refractivity (Wildman–Crippen MR) is 109 cm³/mol. The van der Waals surface area contributed by atoms with Crippen LogP contribution in [0.2, 0.25) is 0 Å². The van der Waals surface area contributed by atoms with Crippen molar-refractivity contribution in [3.63, 3.8) is 0 Å². The first-order chi connectivity index (χ1) is 12.9.